The number of methoxy groups -OCH3 is 3. The smallest absolute Gasteiger partial charge is 0.416 e. The molecule has 2 aromatic carbocycles. The zero-order valence-corrected chi connectivity index (χ0v) is 17.6. The summed E-state index contributed by atoms with van der Waals surface area (Å²) in [5, 5.41) is 2.63. The number of ether oxygens (including phenoxy) is 3. The third kappa shape index (κ3) is 4.98. The highest BCUT2D eigenvalue weighted by Crippen LogP contribution is 2.39. The van der Waals surface area contributed by atoms with Crippen molar-refractivity contribution in [3.8, 4) is 17.2 Å². The zero-order chi connectivity index (χ0) is 22.6. The van der Waals surface area contributed by atoms with Crippen molar-refractivity contribution in [2.45, 2.75) is 31.6 Å². The van der Waals surface area contributed by atoms with E-state index in [2.05, 4.69) is 5.32 Å². The van der Waals surface area contributed by atoms with Crippen molar-refractivity contribution < 1.29 is 32.2 Å². The lowest BCUT2D eigenvalue weighted by molar-refractivity contribution is -0.138. The Morgan fingerprint density at radius 2 is 1.74 bits per heavy atom. The molecule has 0 radical (unpaired) electrons. The van der Waals surface area contributed by atoms with Crippen LogP contribution >= 0.6 is 0 Å². The number of hydrogen-bond acceptors (Lipinski definition) is 4. The maximum Gasteiger partial charge on any atom is 0.416 e. The maximum atomic E-state index is 13.4. The molecule has 1 fully saturated rings. The van der Waals surface area contributed by atoms with Gasteiger partial charge in [0.25, 0.3) is 0 Å². The van der Waals surface area contributed by atoms with E-state index in [1.54, 1.807) is 31.3 Å². The zero-order valence-electron chi connectivity index (χ0n) is 17.6. The van der Waals surface area contributed by atoms with Gasteiger partial charge in [-0.1, -0.05) is 6.07 Å². The number of carbonyl (C=O) groups excluding carboxylic acids is 1. The van der Waals surface area contributed by atoms with Crippen molar-refractivity contribution >= 4 is 6.03 Å². The van der Waals surface area contributed by atoms with Gasteiger partial charge in [-0.3, -0.25) is 0 Å². The van der Waals surface area contributed by atoms with Gasteiger partial charge in [0.1, 0.15) is 17.2 Å². The fourth-order valence-electron chi connectivity index (χ4n) is 3.81. The number of rotatable bonds is 6. The fraction of sp³-hybridized carbons (Fsp3) is 0.409. The predicted octanol–water partition coefficient (Wildman–Crippen LogP) is 4.78. The standard InChI is InChI=1S/C22H25F3N2O4/c1-29-15-8-9-20(31-3)17(11-15)19-5-4-10-27(19)21(28)26-13-14-6-7-16(30-2)12-18(14)22(23,24)25/h6-9,11-12,19H,4-5,10,13H2,1-3H3,(H,26,28). The van der Waals surface area contributed by atoms with Crippen molar-refractivity contribution in [3.05, 3.63) is 53.1 Å². The lowest BCUT2D eigenvalue weighted by atomic mass is 10.0. The van der Waals surface area contributed by atoms with Crippen LogP contribution in [0.1, 0.15) is 35.6 Å². The topological polar surface area (TPSA) is 60.0 Å². The highest BCUT2D eigenvalue weighted by molar-refractivity contribution is 5.75. The number of halogens is 3. The first-order valence-corrected chi connectivity index (χ1v) is 9.79. The van der Waals surface area contributed by atoms with Crippen molar-refractivity contribution in [1.29, 1.82) is 0 Å². The highest BCUT2D eigenvalue weighted by atomic mass is 19.4. The minimum absolute atomic E-state index is 0.0312. The molecule has 1 N–H and O–H groups in total. The second-order valence-electron chi connectivity index (χ2n) is 7.14. The number of nitrogens with one attached hydrogen (secondary N) is 1. The van der Waals surface area contributed by atoms with Crippen LogP contribution in [0.3, 0.4) is 0 Å². The molecule has 9 heteroatoms. The minimum atomic E-state index is -4.56. The Labute approximate surface area is 178 Å². The number of amides is 2. The Kier molecular flexibility index (Phi) is 6.82. The third-order valence-electron chi connectivity index (χ3n) is 5.36. The van der Waals surface area contributed by atoms with Crippen LogP contribution in [0.15, 0.2) is 36.4 Å². The largest absolute Gasteiger partial charge is 0.497 e. The summed E-state index contributed by atoms with van der Waals surface area (Å²) < 4.78 is 55.9. The summed E-state index contributed by atoms with van der Waals surface area (Å²) in [6, 6.07) is 8.35. The molecule has 168 valence electrons. The van der Waals surface area contributed by atoms with Crippen molar-refractivity contribution in [1.82, 2.24) is 10.2 Å². The third-order valence-corrected chi connectivity index (χ3v) is 5.36. The molecular weight excluding hydrogens is 413 g/mol. The molecule has 31 heavy (non-hydrogen) atoms. The van der Waals surface area contributed by atoms with Gasteiger partial charge in [-0.25, -0.2) is 4.79 Å². The van der Waals surface area contributed by atoms with Gasteiger partial charge >= 0.3 is 12.2 Å². The first kappa shape index (κ1) is 22.6. The van der Waals surface area contributed by atoms with Gasteiger partial charge in [0.05, 0.1) is 32.9 Å². The monoisotopic (exact) mass is 438 g/mol. The van der Waals surface area contributed by atoms with E-state index < -0.39 is 17.8 Å². The van der Waals surface area contributed by atoms with E-state index in [9.17, 15) is 18.0 Å². The van der Waals surface area contributed by atoms with E-state index in [0.717, 1.165) is 18.1 Å². The van der Waals surface area contributed by atoms with Gasteiger partial charge in [0.2, 0.25) is 0 Å². The summed E-state index contributed by atoms with van der Waals surface area (Å²) >= 11 is 0. The van der Waals surface area contributed by atoms with Crippen LogP contribution < -0.4 is 19.5 Å². The Bertz CT molecular complexity index is 933. The second kappa shape index (κ2) is 9.36. The predicted molar refractivity (Wildman–Crippen MR) is 108 cm³/mol. The normalized spacial score (nSPS) is 16.2. The van der Waals surface area contributed by atoms with Gasteiger partial charge in [-0.05, 0) is 48.7 Å². The van der Waals surface area contributed by atoms with Gasteiger partial charge < -0.3 is 24.4 Å². The second-order valence-corrected chi connectivity index (χ2v) is 7.14. The number of alkyl halides is 3. The van der Waals surface area contributed by atoms with Crippen molar-refractivity contribution in [2.75, 3.05) is 27.9 Å². The molecule has 2 aromatic rings. The average Bonchev–Trinajstić information content (AvgIpc) is 3.26. The van der Waals surface area contributed by atoms with Gasteiger partial charge in [-0.15, -0.1) is 0 Å². The summed E-state index contributed by atoms with van der Waals surface area (Å²) in [7, 11) is 4.40. The van der Waals surface area contributed by atoms with E-state index in [1.807, 2.05) is 6.07 Å². The molecule has 0 aromatic heterocycles. The van der Waals surface area contributed by atoms with Gasteiger partial charge in [0, 0.05) is 18.7 Å². The summed E-state index contributed by atoms with van der Waals surface area (Å²) in [4.78, 5) is 14.5. The molecular formula is C22H25F3N2O4. The van der Waals surface area contributed by atoms with E-state index in [-0.39, 0.29) is 23.9 Å². The lowest BCUT2D eigenvalue weighted by Gasteiger charge is -2.27. The van der Waals surface area contributed by atoms with Crippen LogP contribution in [0.5, 0.6) is 17.2 Å². The molecule has 1 saturated heterocycles. The molecule has 2 amide bonds. The quantitative estimate of drug-likeness (QED) is 0.705. The first-order chi connectivity index (χ1) is 14.8. The Balaban J connectivity index is 1.79. The van der Waals surface area contributed by atoms with Crippen LogP contribution in [0.2, 0.25) is 0 Å². The highest BCUT2D eigenvalue weighted by Gasteiger charge is 2.35. The number of benzene rings is 2. The van der Waals surface area contributed by atoms with Gasteiger partial charge in [0.15, 0.2) is 0 Å². The maximum absolute atomic E-state index is 13.4. The number of nitrogens with zero attached hydrogens (tertiary/aromatic N) is 1. The van der Waals surface area contributed by atoms with Crippen LogP contribution in [0, 0.1) is 0 Å². The van der Waals surface area contributed by atoms with Crippen LogP contribution in [0.4, 0.5) is 18.0 Å². The minimum Gasteiger partial charge on any atom is -0.497 e. The van der Waals surface area contributed by atoms with Gasteiger partial charge in [-0.2, -0.15) is 13.2 Å². The summed E-state index contributed by atoms with van der Waals surface area (Å²) in [6.07, 6.45) is -3.07. The molecule has 1 atom stereocenters. The fourth-order valence-corrected chi connectivity index (χ4v) is 3.81. The number of carbonyl (C=O) groups is 1. The van der Waals surface area contributed by atoms with E-state index in [4.69, 9.17) is 14.2 Å². The molecule has 1 aliphatic heterocycles. The first-order valence-electron chi connectivity index (χ1n) is 9.79. The Morgan fingerprint density at radius 3 is 2.39 bits per heavy atom. The molecule has 1 unspecified atom stereocenters. The lowest BCUT2D eigenvalue weighted by Crippen LogP contribution is -2.39. The van der Waals surface area contributed by atoms with E-state index in [0.29, 0.717) is 24.5 Å². The molecule has 3 rings (SSSR count). The molecule has 1 heterocycles. The summed E-state index contributed by atoms with van der Waals surface area (Å²) in [5.41, 5.74) is -0.0640. The van der Waals surface area contributed by atoms with E-state index in [1.165, 1.54) is 19.2 Å². The molecule has 0 saturated carbocycles. The SMILES string of the molecule is COc1ccc(OC)c(C2CCCN2C(=O)NCc2ccc(OC)cc2C(F)(F)F)c1. The molecule has 6 nitrogen and oxygen atoms in total. The van der Waals surface area contributed by atoms with Crippen LogP contribution in [-0.2, 0) is 12.7 Å². The van der Waals surface area contributed by atoms with Crippen LogP contribution in [0.25, 0.3) is 0 Å². The summed E-state index contributed by atoms with van der Waals surface area (Å²) in [6.45, 7) is 0.238. The van der Waals surface area contributed by atoms with Crippen molar-refractivity contribution in [2.24, 2.45) is 0 Å². The Hall–Kier alpha value is -3.10. The molecule has 0 bridgehead atoms. The number of likely N-dealkylation sites (tertiary alicyclic amines) is 1. The average molecular weight is 438 g/mol. The van der Waals surface area contributed by atoms with Crippen LogP contribution in [-0.4, -0.2) is 38.8 Å². The molecule has 0 spiro atoms. The van der Waals surface area contributed by atoms with Crippen molar-refractivity contribution in [3.63, 3.8) is 0 Å². The summed E-state index contributed by atoms with van der Waals surface area (Å²) in [5.74, 6) is 1.36. The number of urea groups is 1. The Morgan fingerprint density at radius 1 is 1.06 bits per heavy atom. The molecule has 1 aliphatic rings. The molecule has 0 aliphatic carbocycles. The number of hydrogen-bond donors (Lipinski definition) is 1. The van der Waals surface area contributed by atoms with E-state index >= 15 is 0 Å².